The molecule has 2 aromatic carbocycles. The van der Waals surface area contributed by atoms with Gasteiger partial charge in [0.25, 0.3) is 0 Å². The molecule has 240 valence electrons. The molecule has 3 atom stereocenters. The lowest BCUT2D eigenvalue weighted by Gasteiger charge is -2.45. The van der Waals surface area contributed by atoms with Gasteiger partial charge in [0, 0.05) is 18.5 Å². The van der Waals surface area contributed by atoms with Crippen LogP contribution >= 0.6 is 0 Å². The topological polar surface area (TPSA) is 171 Å². The number of carbonyl (C=O) groups excluding carboxylic acids is 2. The Morgan fingerprint density at radius 3 is 2.41 bits per heavy atom. The van der Waals surface area contributed by atoms with E-state index in [1.807, 2.05) is 12.1 Å². The van der Waals surface area contributed by atoms with E-state index < -0.39 is 44.9 Å². The van der Waals surface area contributed by atoms with Crippen LogP contribution in [0, 0.1) is 11.8 Å². The number of fused-ring (bicyclic) bond motifs is 1. The number of nitrogens with one attached hydrogen (secondary N) is 1. The smallest absolute Gasteiger partial charge is 0.385 e. The summed E-state index contributed by atoms with van der Waals surface area (Å²) in [6.45, 7) is 2.05. The van der Waals surface area contributed by atoms with E-state index in [0.29, 0.717) is 17.7 Å². The molecular weight excluding hydrogens is 610 g/mol. The third kappa shape index (κ3) is 9.24. The molecule has 2 fully saturated rings. The average molecular weight is 650 g/mol. The molecule has 0 spiro atoms. The third-order valence-corrected chi connectivity index (χ3v) is 9.82. The van der Waals surface area contributed by atoms with Crippen molar-refractivity contribution in [2.75, 3.05) is 26.2 Å². The van der Waals surface area contributed by atoms with Crippen molar-refractivity contribution in [3.8, 4) is 5.75 Å². The van der Waals surface area contributed by atoms with E-state index in [2.05, 4.69) is 54.4 Å². The molecule has 3 N–H and O–H groups in total. The predicted molar refractivity (Wildman–Crippen MR) is 161 cm³/mol. The molecule has 14 heteroatoms. The fraction of sp³-hybridized carbons (Fsp3) is 0.533. The van der Waals surface area contributed by atoms with Gasteiger partial charge >= 0.3 is 32.5 Å². The van der Waals surface area contributed by atoms with Gasteiger partial charge in [-0.3, -0.25) is 14.5 Å². The summed E-state index contributed by atoms with van der Waals surface area (Å²) >= 11 is 0. The van der Waals surface area contributed by atoms with Crippen molar-refractivity contribution in [3.63, 3.8) is 0 Å². The largest absolute Gasteiger partial charge is 0.492 e. The highest BCUT2D eigenvalue weighted by molar-refractivity contribution is 7.85. The number of likely N-dealkylation sites (tertiary alicyclic amines) is 1. The first-order valence-corrected chi connectivity index (χ1v) is 17.9. The van der Waals surface area contributed by atoms with Gasteiger partial charge < -0.3 is 13.1 Å². The fourth-order valence-corrected chi connectivity index (χ4v) is 7.17. The maximum absolute atomic E-state index is 12.6. The third-order valence-electron chi connectivity index (χ3n) is 8.46. The Bertz CT molecular complexity index is 1540. The van der Waals surface area contributed by atoms with E-state index in [0.717, 1.165) is 45.2 Å². The summed E-state index contributed by atoms with van der Waals surface area (Å²) in [7, 11) is -9.07. The second kappa shape index (κ2) is 13.9. The molecule has 0 aromatic heterocycles. The van der Waals surface area contributed by atoms with Crippen LogP contribution in [0.15, 0.2) is 48.5 Å². The van der Waals surface area contributed by atoms with Crippen LogP contribution in [0.3, 0.4) is 0 Å². The zero-order valence-electron chi connectivity index (χ0n) is 24.4. The zero-order valence-corrected chi connectivity index (χ0v) is 26.1. The van der Waals surface area contributed by atoms with Crippen LogP contribution in [-0.2, 0) is 51.4 Å². The Morgan fingerprint density at radius 2 is 1.75 bits per heavy atom. The zero-order chi connectivity index (χ0) is 31.3. The Labute approximate surface area is 258 Å². The molecule has 1 saturated heterocycles. The quantitative estimate of drug-likeness (QED) is 0.273. The summed E-state index contributed by atoms with van der Waals surface area (Å²) in [6, 6.07) is 17.0. The van der Waals surface area contributed by atoms with Gasteiger partial charge in [0.1, 0.15) is 12.4 Å². The minimum absolute atomic E-state index is 0.0132. The Morgan fingerprint density at radius 1 is 1.00 bits per heavy atom. The maximum Gasteiger partial charge on any atom is 0.385 e. The number of aryl methyl sites for hydroxylation is 1. The van der Waals surface area contributed by atoms with Gasteiger partial charge in [-0.25, -0.2) is 0 Å². The number of nitrogens with two attached hydrogens (primary N) is 1. The highest BCUT2D eigenvalue weighted by Gasteiger charge is 2.37. The van der Waals surface area contributed by atoms with Crippen molar-refractivity contribution < 1.29 is 39.5 Å². The summed E-state index contributed by atoms with van der Waals surface area (Å²) in [5.41, 5.74) is 3.84. The molecule has 2 aromatic rings. The van der Waals surface area contributed by atoms with E-state index in [1.165, 1.54) is 23.1 Å². The van der Waals surface area contributed by atoms with E-state index >= 15 is 0 Å². The fourth-order valence-electron chi connectivity index (χ4n) is 6.10. The van der Waals surface area contributed by atoms with Crippen molar-refractivity contribution >= 4 is 32.5 Å². The second-order valence-corrected chi connectivity index (χ2v) is 14.3. The number of ether oxygens (including phenoxy) is 1. The van der Waals surface area contributed by atoms with Crippen molar-refractivity contribution in [1.82, 2.24) is 9.62 Å². The van der Waals surface area contributed by atoms with Crippen LogP contribution in [0.25, 0.3) is 0 Å². The van der Waals surface area contributed by atoms with Crippen LogP contribution in [-0.4, -0.2) is 66.0 Å². The predicted octanol–water partition coefficient (Wildman–Crippen LogP) is 2.34. The Balaban J connectivity index is 1.16. The van der Waals surface area contributed by atoms with Crippen LogP contribution in [0.4, 0.5) is 0 Å². The average Bonchev–Trinajstić information content (AvgIpc) is 3.74. The van der Waals surface area contributed by atoms with Gasteiger partial charge in [0.2, 0.25) is 0 Å². The van der Waals surface area contributed by atoms with E-state index in [1.54, 1.807) is 0 Å². The molecule has 12 nitrogen and oxygen atoms in total. The van der Waals surface area contributed by atoms with Gasteiger partial charge in [-0.2, -0.15) is 26.7 Å². The number of benzene rings is 2. The number of nitrogens with zero attached hydrogens (tertiary/aromatic N) is 1. The molecule has 0 bridgehead atoms. The van der Waals surface area contributed by atoms with Gasteiger partial charge in [-0.05, 0) is 79.9 Å². The van der Waals surface area contributed by atoms with Crippen molar-refractivity contribution in [1.29, 1.82) is 0 Å². The standard InChI is InChI=1S/C30H39N3O9S2/c31-43(36,37)41-29(34)19-24(17-22-7-8-22)30(35)42-44(38,39)32-13-16-40-25-11-9-23-10-12-28(33-14-4-15-33)27(26(23)20-25)18-21-5-2-1-3-6-21/h1-3,5-6,9,11,20,22,24,27-28,32H,4,7-8,10,12-19H2,(H2,31,36,37). The summed E-state index contributed by atoms with van der Waals surface area (Å²) in [4.78, 5) is 27.1. The normalized spacial score (nSPS) is 21.0. The summed E-state index contributed by atoms with van der Waals surface area (Å²) in [5.74, 6) is -2.57. The highest BCUT2D eigenvalue weighted by atomic mass is 32.2. The van der Waals surface area contributed by atoms with E-state index in [9.17, 15) is 26.4 Å². The van der Waals surface area contributed by atoms with Gasteiger partial charge in [-0.1, -0.05) is 49.2 Å². The molecule has 2 aliphatic carbocycles. The first-order chi connectivity index (χ1) is 21.0. The van der Waals surface area contributed by atoms with Crippen molar-refractivity contribution in [2.24, 2.45) is 17.0 Å². The minimum Gasteiger partial charge on any atom is -0.492 e. The molecule has 1 saturated carbocycles. The van der Waals surface area contributed by atoms with Crippen LogP contribution in [0.1, 0.15) is 61.1 Å². The molecule has 0 amide bonds. The first-order valence-electron chi connectivity index (χ1n) is 15.0. The first kappa shape index (κ1) is 32.4. The molecule has 3 aliphatic rings. The van der Waals surface area contributed by atoms with E-state index in [4.69, 9.17) is 9.88 Å². The summed E-state index contributed by atoms with van der Waals surface area (Å²) in [6.07, 6.45) is 5.36. The second-order valence-electron chi connectivity index (χ2n) is 11.8. The van der Waals surface area contributed by atoms with Gasteiger partial charge in [0.15, 0.2) is 0 Å². The minimum atomic E-state index is -4.56. The molecule has 1 aliphatic heterocycles. The SMILES string of the molecule is NS(=O)(=O)OC(=O)CC(CC1CC1)C(=O)OS(=O)(=O)NCCOc1ccc2c(c1)C(Cc1ccccc1)C(N1CCC1)CC2. The van der Waals surface area contributed by atoms with Crippen molar-refractivity contribution in [3.05, 3.63) is 65.2 Å². The Kier molecular flexibility index (Phi) is 10.3. The lowest BCUT2D eigenvalue weighted by molar-refractivity contribution is -0.145. The summed E-state index contributed by atoms with van der Waals surface area (Å²) < 4.78 is 63.8. The van der Waals surface area contributed by atoms with Crippen LogP contribution in [0.2, 0.25) is 0 Å². The van der Waals surface area contributed by atoms with Gasteiger partial charge in [0.05, 0.1) is 12.3 Å². The monoisotopic (exact) mass is 649 g/mol. The van der Waals surface area contributed by atoms with Gasteiger partial charge in [-0.15, -0.1) is 0 Å². The lowest BCUT2D eigenvalue weighted by Crippen LogP contribution is -2.49. The number of rotatable bonds is 15. The molecule has 3 unspecified atom stereocenters. The highest BCUT2D eigenvalue weighted by Crippen LogP contribution is 2.40. The number of hydrogen-bond donors (Lipinski definition) is 2. The van der Waals surface area contributed by atoms with Crippen molar-refractivity contribution in [2.45, 2.75) is 63.3 Å². The maximum atomic E-state index is 12.6. The Hall–Kier alpha value is -3.04. The molecule has 5 rings (SSSR count). The summed E-state index contributed by atoms with van der Waals surface area (Å²) in [5, 5.41) is 4.70. The number of carbonyl (C=O) groups is 2. The van der Waals surface area contributed by atoms with Crippen LogP contribution < -0.4 is 14.6 Å². The lowest BCUT2D eigenvalue weighted by atomic mass is 9.75. The molecule has 44 heavy (non-hydrogen) atoms. The molecular formula is C30H39N3O9S2. The molecule has 0 radical (unpaired) electrons. The van der Waals surface area contributed by atoms with Crippen LogP contribution in [0.5, 0.6) is 5.75 Å². The number of hydrogen-bond acceptors (Lipinski definition) is 10. The van der Waals surface area contributed by atoms with E-state index in [-0.39, 0.29) is 25.5 Å². The molecule has 1 heterocycles.